The molecule has 0 aliphatic heterocycles. The van der Waals surface area contributed by atoms with Crippen LogP contribution in [-0.2, 0) is 4.79 Å². The zero-order chi connectivity index (χ0) is 14.8. The Morgan fingerprint density at radius 1 is 1.10 bits per heavy atom. The lowest BCUT2D eigenvalue weighted by molar-refractivity contribution is -0.116. The first-order valence-electron chi connectivity index (χ1n) is 7.35. The van der Waals surface area contributed by atoms with Gasteiger partial charge in [0, 0.05) is 18.7 Å². The van der Waals surface area contributed by atoms with Crippen molar-refractivity contribution in [3.63, 3.8) is 0 Å². The van der Waals surface area contributed by atoms with Crippen LogP contribution in [0.3, 0.4) is 0 Å². The first-order valence-corrected chi connectivity index (χ1v) is 7.35. The van der Waals surface area contributed by atoms with Crippen molar-refractivity contribution in [1.29, 1.82) is 0 Å². The van der Waals surface area contributed by atoms with Crippen LogP contribution >= 0.6 is 0 Å². The van der Waals surface area contributed by atoms with E-state index in [0.717, 1.165) is 43.9 Å². The minimum Gasteiger partial charge on any atom is -0.497 e. The van der Waals surface area contributed by atoms with Crippen LogP contribution in [0.2, 0.25) is 0 Å². The first kappa shape index (κ1) is 16.5. The van der Waals surface area contributed by atoms with E-state index in [9.17, 15) is 4.79 Å². The molecule has 1 rings (SSSR count). The molecular formula is C16H26N2O2. The molecule has 112 valence electrons. The number of nitrogens with zero attached hydrogens (tertiary/aromatic N) is 1. The lowest BCUT2D eigenvalue weighted by atomic mass is 10.2. The van der Waals surface area contributed by atoms with Gasteiger partial charge in [0.15, 0.2) is 0 Å². The van der Waals surface area contributed by atoms with E-state index in [-0.39, 0.29) is 5.91 Å². The molecule has 0 radical (unpaired) electrons. The summed E-state index contributed by atoms with van der Waals surface area (Å²) in [5, 5.41) is 2.91. The topological polar surface area (TPSA) is 41.6 Å². The Bertz CT molecular complexity index is 384. The minimum atomic E-state index is 0.0624. The van der Waals surface area contributed by atoms with Crippen LogP contribution in [0.5, 0.6) is 5.75 Å². The SMILES string of the molecule is CCCN(CCC)CCC(=O)Nc1ccc(OC)cc1. The van der Waals surface area contributed by atoms with E-state index >= 15 is 0 Å². The van der Waals surface area contributed by atoms with Gasteiger partial charge in [0.25, 0.3) is 0 Å². The molecule has 4 heteroatoms. The maximum atomic E-state index is 11.9. The van der Waals surface area contributed by atoms with E-state index in [1.165, 1.54) is 0 Å². The Labute approximate surface area is 122 Å². The predicted octanol–water partition coefficient (Wildman–Crippen LogP) is 3.15. The summed E-state index contributed by atoms with van der Waals surface area (Å²) in [7, 11) is 1.63. The summed E-state index contributed by atoms with van der Waals surface area (Å²) in [6, 6.07) is 7.39. The number of benzene rings is 1. The summed E-state index contributed by atoms with van der Waals surface area (Å²) in [5.41, 5.74) is 0.813. The fraction of sp³-hybridized carbons (Fsp3) is 0.562. The molecule has 0 aromatic heterocycles. The number of amides is 1. The van der Waals surface area contributed by atoms with Crippen molar-refractivity contribution in [2.45, 2.75) is 33.1 Å². The average Bonchev–Trinajstić information content (AvgIpc) is 2.46. The van der Waals surface area contributed by atoms with E-state index < -0.39 is 0 Å². The fourth-order valence-electron chi connectivity index (χ4n) is 2.13. The number of carbonyl (C=O) groups is 1. The number of methoxy groups -OCH3 is 1. The van der Waals surface area contributed by atoms with Crippen molar-refractivity contribution in [3.05, 3.63) is 24.3 Å². The summed E-state index contributed by atoms with van der Waals surface area (Å²) >= 11 is 0. The van der Waals surface area contributed by atoms with Crippen molar-refractivity contribution in [2.24, 2.45) is 0 Å². The smallest absolute Gasteiger partial charge is 0.225 e. The van der Waals surface area contributed by atoms with E-state index in [2.05, 4.69) is 24.1 Å². The number of rotatable bonds is 9. The van der Waals surface area contributed by atoms with Gasteiger partial charge in [-0.2, -0.15) is 0 Å². The molecule has 1 aromatic carbocycles. The van der Waals surface area contributed by atoms with Gasteiger partial charge in [0.05, 0.1) is 7.11 Å². The summed E-state index contributed by atoms with van der Waals surface area (Å²) in [6.45, 7) is 7.27. The van der Waals surface area contributed by atoms with Crippen LogP contribution in [0.15, 0.2) is 24.3 Å². The van der Waals surface area contributed by atoms with Crippen molar-refractivity contribution < 1.29 is 9.53 Å². The molecule has 0 aliphatic rings. The van der Waals surface area contributed by atoms with Gasteiger partial charge in [-0.25, -0.2) is 0 Å². The van der Waals surface area contributed by atoms with Crippen LogP contribution in [0, 0.1) is 0 Å². The molecule has 0 atom stereocenters. The van der Waals surface area contributed by atoms with Gasteiger partial charge < -0.3 is 15.0 Å². The van der Waals surface area contributed by atoms with Crippen LogP contribution < -0.4 is 10.1 Å². The lowest BCUT2D eigenvalue weighted by Gasteiger charge is -2.20. The van der Waals surface area contributed by atoms with Crippen molar-refractivity contribution in [1.82, 2.24) is 4.90 Å². The number of carbonyl (C=O) groups excluding carboxylic acids is 1. The normalized spacial score (nSPS) is 10.6. The van der Waals surface area contributed by atoms with Crippen LogP contribution in [0.1, 0.15) is 33.1 Å². The second-order valence-corrected chi connectivity index (χ2v) is 4.87. The van der Waals surface area contributed by atoms with Gasteiger partial charge in [0.2, 0.25) is 5.91 Å². The molecule has 0 unspecified atom stereocenters. The van der Waals surface area contributed by atoms with Crippen molar-refractivity contribution in [2.75, 3.05) is 32.1 Å². The standard InChI is InChI=1S/C16H26N2O2/c1-4-11-18(12-5-2)13-10-16(19)17-14-6-8-15(20-3)9-7-14/h6-9H,4-5,10-13H2,1-3H3,(H,17,19). The highest BCUT2D eigenvalue weighted by atomic mass is 16.5. The van der Waals surface area contributed by atoms with Gasteiger partial charge in [-0.15, -0.1) is 0 Å². The largest absolute Gasteiger partial charge is 0.497 e. The van der Waals surface area contributed by atoms with E-state index in [1.807, 2.05) is 24.3 Å². The number of anilines is 1. The number of nitrogens with one attached hydrogen (secondary N) is 1. The van der Waals surface area contributed by atoms with Crippen molar-refractivity contribution in [3.8, 4) is 5.75 Å². The molecule has 0 heterocycles. The summed E-state index contributed by atoms with van der Waals surface area (Å²) in [5.74, 6) is 0.854. The Morgan fingerprint density at radius 3 is 2.20 bits per heavy atom. The highest BCUT2D eigenvalue weighted by Gasteiger charge is 2.07. The maximum Gasteiger partial charge on any atom is 0.225 e. The minimum absolute atomic E-state index is 0.0624. The molecule has 0 bridgehead atoms. The maximum absolute atomic E-state index is 11.9. The monoisotopic (exact) mass is 278 g/mol. The number of hydrogen-bond donors (Lipinski definition) is 1. The van der Waals surface area contributed by atoms with E-state index in [4.69, 9.17) is 4.74 Å². The lowest BCUT2D eigenvalue weighted by Crippen LogP contribution is -2.29. The molecule has 0 spiro atoms. The molecule has 1 amide bonds. The number of hydrogen-bond acceptors (Lipinski definition) is 3. The fourth-order valence-corrected chi connectivity index (χ4v) is 2.13. The average molecular weight is 278 g/mol. The molecule has 20 heavy (non-hydrogen) atoms. The Kier molecular flexibility index (Phi) is 7.73. The summed E-state index contributed by atoms with van der Waals surface area (Å²) in [6.07, 6.45) is 2.78. The Balaban J connectivity index is 2.38. The second-order valence-electron chi connectivity index (χ2n) is 4.87. The van der Waals surface area contributed by atoms with Gasteiger partial charge in [-0.05, 0) is 50.2 Å². The van der Waals surface area contributed by atoms with E-state index in [1.54, 1.807) is 7.11 Å². The van der Waals surface area contributed by atoms with E-state index in [0.29, 0.717) is 6.42 Å². The summed E-state index contributed by atoms with van der Waals surface area (Å²) in [4.78, 5) is 14.3. The highest BCUT2D eigenvalue weighted by Crippen LogP contribution is 2.15. The molecule has 0 saturated heterocycles. The first-order chi connectivity index (χ1) is 9.69. The molecule has 0 saturated carbocycles. The summed E-state index contributed by atoms with van der Waals surface area (Å²) < 4.78 is 5.09. The Hall–Kier alpha value is -1.55. The third-order valence-electron chi connectivity index (χ3n) is 3.11. The van der Waals surface area contributed by atoms with Crippen LogP contribution in [0.25, 0.3) is 0 Å². The van der Waals surface area contributed by atoms with Gasteiger partial charge in [-0.1, -0.05) is 13.8 Å². The van der Waals surface area contributed by atoms with Gasteiger partial charge in [0.1, 0.15) is 5.75 Å². The molecule has 0 fully saturated rings. The Morgan fingerprint density at radius 2 is 1.70 bits per heavy atom. The second kappa shape index (κ2) is 9.37. The molecule has 1 N–H and O–H groups in total. The molecule has 1 aromatic rings. The molecular weight excluding hydrogens is 252 g/mol. The van der Waals surface area contributed by atoms with Gasteiger partial charge >= 0.3 is 0 Å². The zero-order valence-corrected chi connectivity index (χ0v) is 12.8. The molecule has 0 aliphatic carbocycles. The quantitative estimate of drug-likeness (QED) is 0.754. The third kappa shape index (κ3) is 6.06. The van der Waals surface area contributed by atoms with Crippen LogP contribution in [-0.4, -0.2) is 37.6 Å². The third-order valence-corrected chi connectivity index (χ3v) is 3.11. The van der Waals surface area contributed by atoms with Gasteiger partial charge in [-0.3, -0.25) is 4.79 Å². The zero-order valence-electron chi connectivity index (χ0n) is 12.8. The van der Waals surface area contributed by atoms with Crippen LogP contribution in [0.4, 0.5) is 5.69 Å². The number of ether oxygens (including phenoxy) is 1. The molecule has 4 nitrogen and oxygen atoms in total. The highest BCUT2D eigenvalue weighted by molar-refractivity contribution is 5.90. The predicted molar refractivity (Wildman–Crippen MR) is 83.3 cm³/mol. The van der Waals surface area contributed by atoms with Crippen molar-refractivity contribution >= 4 is 11.6 Å².